The lowest BCUT2D eigenvalue weighted by atomic mass is 10.3. The molecule has 4 N–H and O–H groups in total. The monoisotopic (exact) mass is 250 g/mol. The van der Waals surface area contributed by atoms with Crippen LogP contribution >= 0.6 is 0 Å². The molecule has 0 spiro atoms. The molecule has 0 atom stereocenters. The van der Waals surface area contributed by atoms with Gasteiger partial charge in [-0.15, -0.1) is 0 Å². The van der Waals surface area contributed by atoms with E-state index in [0.717, 1.165) is 12.2 Å². The Balaban J connectivity index is 2.19. The first kappa shape index (κ1) is 14.3. The molecule has 0 amide bonds. The summed E-state index contributed by atoms with van der Waals surface area (Å²) in [5.74, 6) is 6.86. The summed E-state index contributed by atoms with van der Waals surface area (Å²) in [6.07, 6.45) is 0.847. The van der Waals surface area contributed by atoms with Crippen LogP contribution < -0.4 is 21.3 Å². The number of nitrogens with one attached hydrogen (secondary N) is 2. The number of nitrogens with zero attached hydrogens (tertiary/aromatic N) is 1. The number of hydrazine groups is 1. The van der Waals surface area contributed by atoms with Crippen LogP contribution in [0.3, 0.4) is 0 Å². The van der Waals surface area contributed by atoms with Gasteiger partial charge in [0.05, 0.1) is 6.61 Å². The second-order valence-corrected chi connectivity index (χ2v) is 4.19. The van der Waals surface area contributed by atoms with Gasteiger partial charge >= 0.3 is 0 Å². The van der Waals surface area contributed by atoms with Gasteiger partial charge in [-0.25, -0.2) is 5.84 Å². The summed E-state index contributed by atoms with van der Waals surface area (Å²) in [6.45, 7) is 5.38. The van der Waals surface area contributed by atoms with Gasteiger partial charge in [-0.1, -0.05) is 18.2 Å². The van der Waals surface area contributed by atoms with Crippen LogP contribution in [0.4, 0.5) is 0 Å². The van der Waals surface area contributed by atoms with Gasteiger partial charge in [0, 0.05) is 19.0 Å². The van der Waals surface area contributed by atoms with Crippen molar-refractivity contribution in [3.8, 4) is 5.75 Å². The summed E-state index contributed by atoms with van der Waals surface area (Å²) < 4.78 is 5.56. The van der Waals surface area contributed by atoms with Crippen molar-refractivity contribution in [3.05, 3.63) is 30.3 Å². The Hall–Kier alpha value is -1.75. The van der Waals surface area contributed by atoms with E-state index in [2.05, 4.69) is 15.7 Å². The van der Waals surface area contributed by atoms with E-state index in [1.165, 1.54) is 0 Å². The number of nitrogens with two attached hydrogens (primary N) is 1. The predicted octanol–water partition coefficient (Wildman–Crippen LogP) is 1.27. The smallest absolute Gasteiger partial charge is 0.205 e. The second-order valence-electron chi connectivity index (χ2n) is 4.19. The zero-order valence-electron chi connectivity index (χ0n) is 11.0. The molecule has 5 heteroatoms. The summed E-state index contributed by atoms with van der Waals surface area (Å²) in [4.78, 5) is 4.30. The highest BCUT2D eigenvalue weighted by Gasteiger charge is 1.97. The average molecular weight is 250 g/mol. The molecule has 0 saturated carbocycles. The molecular weight excluding hydrogens is 228 g/mol. The summed E-state index contributed by atoms with van der Waals surface area (Å²) in [5, 5.41) is 3.11. The maximum atomic E-state index is 5.56. The summed E-state index contributed by atoms with van der Waals surface area (Å²) >= 11 is 0. The van der Waals surface area contributed by atoms with E-state index in [0.29, 0.717) is 25.2 Å². The average Bonchev–Trinajstić information content (AvgIpc) is 2.37. The molecule has 0 aliphatic carbocycles. The molecule has 0 aromatic heterocycles. The van der Waals surface area contributed by atoms with Crippen LogP contribution in [0.5, 0.6) is 5.75 Å². The van der Waals surface area contributed by atoms with E-state index >= 15 is 0 Å². The third kappa shape index (κ3) is 6.10. The van der Waals surface area contributed by atoms with Gasteiger partial charge in [0.1, 0.15) is 5.75 Å². The molecule has 0 radical (unpaired) electrons. The number of guanidine groups is 1. The van der Waals surface area contributed by atoms with Crippen LogP contribution in [-0.2, 0) is 0 Å². The number of ether oxygens (including phenoxy) is 1. The van der Waals surface area contributed by atoms with Crippen molar-refractivity contribution in [2.24, 2.45) is 10.8 Å². The molecule has 100 valence electrons. The van der Waals surface area contributed by atoms with Crippen molar-refractivity contribution in [1.29, 1.82) is 0 Å². The van der Waals surface area contributed by atoms with Crippen LogP contribution in [0.2, 0.25) is 0 Å². The lowest BCUT2D eigenvalue weighted by Crippen LogP contribution is -2.44. The quantitative estimate of drug-likeness (QED) is 0.234. The number of rotatable bonds is 6. The molecule has 18 heavy (non-hydrogen) atoms. The van der Waals surface area contributed by atoms with Crippen molar-refractivity contribution in [3.63, 3.8) is 0 Å². The lowest BCUT2D eigenvalue weighted by molar-refractivity contribution is 0.313. The highest BCUT2D eigenvalue weighted by Crippen LogP contribution is 2.08. The first-order chi connectivity index (χ1) is 8.72. The van der Waals surface area contributed by atoms with Crippen LogP contribution in [0.25, 0.3) is 0 Å². The number of benzene rings is 1. The third-order valence-electron chi connectivity index (χ3n) is 2.15. The topological polar surface area (TPSA) is 71.7 Å². The van der Waals surface area contributed by atoms with E-state index in [-0.39, 0.29) is 0 Å². The van der Waals surface area contributed by atoms with Crippen LogP contribution in [0.15, 0.2) is 35.3 Å². The molecule has 5 nitrogen and oxygen atoms in total. The van der Waals surface area contributed by atoms with Crippen molar-refractivity contribution >= 4 is 5.96 Å². The fourth-order valence-corrected chi connectivity index (χ4v) is 1.37. The van der Waals surface area contributed by atoms with Crippen LogP contribution in [-0.4, -0.2) is 25.2 Å². The highest BCUT2D eigenvalue weighted by atomic mass is 16.5. The summed E-state index contributed by atoms with van der Waals surface area (Å²) in [5.41, 5.74) is 2.54. The molecule has 0 unspecified atom stereocenters. The first-order valence-corrected chi connectivity index (χ1v) is 6.18. The van der Waals surface area contributed by atoms with Crippen molar-refractivity contribution in [2.75, 3.05) is 13.2 Å². The normalized spacial score (nSPS) is 11.4. The Kier molecular flexibility index (Phi) is 6.64. The Morgan fingerprint density at radius 2 is 2.06 bits per heavy atom. The SMILES string of the molecule is CC(C)NC(=NCCCOc1ccccc1)NN. The lowest BCUT2D eigenvalue weighted by Gasteiger charge is -2.11. The van der Waals surface area contributed by atoms with Crippen LogP contribution in [0.1, 0.15) is 20.3 Å². The minimum absolute atomic E-state index is 0.306. The van der Waals surface area contributed by atoms with E-state index in [1.54, 1.807) is 0 Å². The standard InChI is InChI=1S/C13H22N4O/c1-11(2)16-13(17-14)15-9-6-10-18-12-7-4-3-5-8-12/h3-5,7-8,11H,6,9-10,14H2,1-2H3,(H2,15,16,17). The van der Waals surface area contributed by atoms with E-state index in [4.69, 9.17) is 10.6 Å². The van der Waals surface area contributed by atoms with Gasteiger partial charge in [-0.3, -0.25) is 10.4 Å². The molecule has 0 aliphatic heterocycles. The van der Waals surface area contributed by atoms with Gasteiger partial charge in [0.15, 0.2) is 0 Å². The molecule has 0 heterocycles. The van der Waals surface area contributed by atoms with Crippen molar-refractivity contribution in [1.82, 2.24) is 10.7 Å². The number of aliphatic imine (C=N–C) groups is 1. The summed E-state index contributed by atoms with van der Waals surface area (Å²) in [6, 6.07) is 10.1. The fourth-order valence-electron chi connectivity index (χ4n) is 1.37. The molecule has 0 bridgehead atoms. The van der Waals surface area contributed by atoms with E-state index < -0.39 is 0 Å². The Labute approximate surface area is 108 Å². The largest absolute Gasteiger partial charge is 0.494 e. The maximum absolute atomic E-state index is 5.56. The van der Waals surface area contributed by atoms with Crippen molar-refractivity contribution in [2.45, 2.75) is 26.3 Å². The van der Waals surface area contributed by atoms with Gasteiger partial charge < -0.3 is 10.1 Å². The summed E-state index contributed by atoms with van der Waals surface area (Å²) in [7, 11) is 0. The molecule has 0 saturated heterocycles. The van der Waals surface area contributed by atoms with Gasteiger partial charge in [0.25, 0.3) is 0 Å². The van der Waals surface area contributed by atoms with Gasteiger partial charge in [0.2, 0.25) is 5.96 Å². The number of hydrogen-bond donors (Lipinski definition) is 3. The molecule has 1 aromatic carbocycles. The van der Waals surface area contributed by atoms with Gasteiger partial charge in [-0.05, 0) is 26.0 Å². The number of hydrogen-bond acceptors (Lipinski definition) is 3. The Morgan fingerprint density at radius 3 is 2.67 bits per heavy atom. The second kappa shape index (κ2) is 8.36. The molecular formula is C13H22N4O. The Bertz CT molecular complexity index is 351. The maximum Gasteiger partial charge on any atom is 0.205 e. The Morgan fingerprint density at radius 1 is 1.33 bits per heavy atom. The first-order valence-electron chi connectivity index (χ1n) is 6.18. The van der Waals surface area contributed by atoms with Crippen molar-refractivity contribution < 1.29 is 4.74 Å². The van der Waals surface area contributed by atoms with Gasteiger partial charge in [-0.2, -0.15) is 0 Å². The molecule has 0 aliphatic rings. The zero-order valence-corrected chi connectivity index (χ0v) is 11.0. The number of para-hydroxylation sites is 1. The predicted molar refractivity (Wildman–Crippen MR) is 74.5 cm³/mol. The van der Waals surface area contributed by atoms with E-state index in [9.17, 15) is 0 Å². The minimum atomic E-state index is 0.306. The van der Waals surface area contributed by atoms with E-state index in [1.807, 2.05) is 44.2 Å². The fraction of sp³-hybridized carbons (Fsp3) is 0.462. The molecule has 1 rings (SSSR count). The highest BCUT2D eigenvalue weighted by molar-refractivity contribution is 5.79. The third-order valence-corrected chi connectivity index (χ3v) is 2.15. The van der Waals surface area contributed by atoms with Crippen LogP contribution in [0, 0.1) is 0 Å². The minimum Gasteiger partial charge on any atom is -0.494 e. The zero-order chi connectivity index (χ0) is 13.2. The molecule has 1 aromatic rings. The molecule has 0 fully saturated rings.